The van der Waals surface area contributed by atoms with Crippen LogP contribution in [0.1, 0.15) is 26.3 Å². The highest BCUT2D eigenvalue weighted by Crippen LogP contribution is 2.39. The van der Waals surface area contributed by atoms with Crippen LogP contribution in [0.2, 0.25) is 5.02 Å². The predicted molar refractivity (Wildman–Crippen MR) is 131 cm³/mol. The summed E-state index contributed by atoms with van der Waals surface area (Å²) in [5, 5.41) is 10.9. The number of rotatable bonds is 6. The topological polar surface area (TPSA) is 145 Å². The smallest absolute Gasteiger partial charge is 0.416 e. The van der Waals surface area contributed by atoms with E-state index < -0.39 is 85.6 Å². The molecule has 0 aliphatic rings. The number of aromatic nitrogens is 3. The number of nitro benzene ring substituents is 1. The summed E-state index contributed by atoms with van der Waals surface area (Å²) in [6.07, 6.45) is -4.92. The van der Waals surface area contributed by atoms with Gasteiger partial charge in [0.15, 0.2) is 11.6 Å². The lowest BCUT2D eigenvalue weighted by atomic mass is 10.2. The molecule has 0 saturated carbocycles. The number of halogens is 5. The van der Waals surface area contributed by atoms with Crippen molar-refractivity contribution in [1.29, 1.82) is 0 Å². The molecule has 1 heterocycles. The van der Waals surface area contributed by atoms with Gasteiger partial charge in [0.05, 0.1) is 15.5 Å². The van der Waals surface area contributed by atoms with E-state index in [1.807, 2.05) is 0 Å². The molecule has 12 nitrogen and oxygen atoms in total. The lowest BCUT2D eigenvalue weighted by Crippen LogP contribution is -2.54. The van der Waals surface area contributed by atoms with Crippen LogP contribution in [-0.2, 0) is 29.3 Å². The van der Waals surface area contributed by atoms with Crippen LogP contribution in [0.3, 0.4) is 0 Å². The molecule has 0 aliphatic heterocycles. The quantitative estimate of drug-likeness (QED) is 0.183. The lowest BCUT2D eigenvalue weighted by Gasteiger charge is -2.20. The monoisotopic (exact) mass is 590 g/mol. The Morgan fingerprint density at radius 2 is 1.68 bits per heavy atom. The molecule has 0 radical (unpaired) electrons. The van der Waals surface area contributed by atoms with Gasteiger partial charge in [-0.3, -0.25) is 14.9 Å². The van der Waals surface area contributed by atoms with Crippen molar-refractivity contribution in [3.05, 3.63) is 88.3 Å². The second-order valence-electron chi connectivity index (χ2n) is 9.19. The van der Waals surface area contributed by atoms with E-state index in [4.69, 9.17) is 21.1 Å². The number of carbonyl (C=O) groups excluding carboxylic acids is 1. The first-order valence-corrected chi connectivity index (χ1v) is 11.4. The third-order valence-corrected chi connectivity index (χ3v) is 5.34. The number of hydrogen-bond acceptors (Lipinski definition) is 8. The van der Waals surface area contributed by atoms with Crippen molar-refractivity contribution in [2.24, 2.45) is 7.05 Å². The van der Waals surface area contributed by atoms with Crippen LogP contribution in [0.25, 0.3) is 5.69 Å². The fraction of sp³-hybridized carbons (Fsp3) is 0.304. The van der Waals surface area contributed by atoms with E-state index in [1.165, 1.54) is 20.8 Å². The van der Waals surface area contributed by atoms with Gasteiger partial charge in [0.2, 0.25) is 0 Å². The minimum Gasteiger partial charge on any atom is -0.459 e. The normalized spacial score (nSPS) is 11.8. The summed E-state index contributed by atoms with van der Waals surface area (Å²) < 4.78 is 64.5. The molecular weight excluding hydrogens is 572 g/mol. The number of nitrogens with zero attached hydrogens (tertiary/aromatic N) is 4. The highest BCUT2D eigenvalue weighted by Gasteiger charge is 2.33. The Morgan fingerprint density at radius 3 is 2.20 bits per heavy atom. The first kappa shape index (κ1) is 30.1. The van der Waals surface area contributed by atoms with Crippen molar-refractivity contribution in [3.63, 3.8) is 0 Å². The molecule has 1 aromatic heterocycles. The lowest BCUT2D eigenvalue weighted by molar-refractivity contribution is -0.384. The zero-order valence-electron chi connectivity index (χ0n) is 21.0. The summed E-state index contributed by atoms with van der Waals surface area (Å²) in [6, 6.07) is 2.90. The molecule has 0 saturated heterocycles. The van der Waals surface area contributed by atoms with Gasteiger partial charge in [-0.1, -0.05) is 11.6 Å². The van der Waals surface area contributed by atoms with Gasteiger partial charge < -0.3 is 9.47 Å². The fourth-order valence-corrected chi connectivity index (χ4v) is 3.63. The van der Waals surface area contributed by atoms with Crippen LogP contribution in [-0.4, -0.2) is 30.2 Å². The molecule has 0 fully saturated rings. The Labute approximate surface area is 225 Å². The molecule has 0 aliphatic carbocycles. The summed E-state index contributed by atoms with van der Waals surface area (Å²) in [5.41, 5.74) is -8.07. The van der Waals surface area contributed by atoms with Crippen molar-refractivity contribution in [2.75, 3.05) is 0 Å². The molecular formula is C23H19ClF4N4O8. The Balaban J connectivity index is 2.21. The summed E-state index contributed by atoms with van der Waals surface area (Å²) in [5.74, 6) is -3.93. The van der Waals surface area contributed by atoms with Gasteiger partial charge in [0, 0.05) is 19.2 Å². The molecule has 0 spiro atoms. The molecule has 0 atom stereocenters. The third-order valence-electron chi connectivity index (χ3n) is 5.06. The van der Waals surface area contributed by atoms with Crippen molar-refractivity contribution in [1.82, 2.24) is 13.7 Å². The third kappa shape index (κ3) is 6.22. The van der Waals surface area contributed by atoms with E-state index in [9.17, 15) is 46.9 Å². The molecule has 0 amide bonds. The molecule has 214 valence electrons. The zero-order chi connectivity index (χ0) is 30.3. The zero-order valence-corrected chi connectivity index (χ0v) is 21.8. The Bertz CT molecular complexity index is 1680. The molecule has 0 N–H and O–H groups in total. The Morgan fingerprint density at radius 1 is 1.05 bits per heavy atom. The van der Waals surface area contributed by atoms with Gasteiger partial charge in [0.25, 0.3) is 5.69 Å². The highest BCUT2D eigenvalue weighted by atomic mass is 35.5. The van der Waals surface area contributed by atoms with Crippen molar-refractivity contribution >= 4 is 23.3 Å². The van der Waals surface area contributed by atoms with Crippen LogP contribution in [0, 0.1) is 15.9 Å². The van der Waals surface area contributed by atoms with E-state index in [0.717, 1.165) is 25.2 Å². The van der Waals surface area contributed by atoms with Gasteiger partial charge in [-0.05, 0) is 39.0 Å². The molecule has 0 bridgehead atoms. The molecule has 3 rings (SSSR count). The van der Waals surface area contributed by atoms with Gasteiger partial charge in [0.1, 0.15) is 23.6 Å². The summed E-state index contributed by atoms with van der Waals surface area (Å²) in [4.78, 5) is 61.7. The first-order valence-electron chi connectivity index (χ1n) is 11.0. The van der Waals surface area contributed by atoms with Crippen LogP contribution in [0.4, 0.5) is 23.2 Å². The summed E-state index contributed by atoms with van der Waals surface area (Å²) in [6.45, 7) is 3.60. The second-order valence-corrected chi connectivity index (χ2v) is 9.60. The van der Waals surface area contributed by atoms with Crippen molar-refractivity contribution < 1.29 is 36.8 Å². The van der Waals surface area contributed by atoms with Crippen LogP contribution in [0.5, 0.6) is 11.5 Å². The fourth-order valence-electron chi connectivity index (χ4n) is 3.38. The minimum absolute atomic E-state index is 0.111. The van der Waals surface area contributed by atoms with Crippen molar-refractivity contribution in [2.45, 2.75) is 39.1 Å². The number of nitro groups is 1. The SMILES string of the molecule is Cn1c(=O)n(CC(=O)OC(C)(C)C)c(=O)n(-c2cc(Oc3c(F)cc(C(F)(F)F)cc3Cl)ccc2[N+](=O)[O-])c1=O. The maximum Gasteiger partial charge on any atom is 0.416 e. The summed E-state index contributed by atoms with van der Waals surface area (Å²) in [7, 11) is 0.940. The summed E-state index contributed by atoms with van der Waals surface area (Å²) >= 11 is 5.77. The van der Waals surface area contributed by atoms with E-state index in [1.54, 1.807) is 0 Å². The molecule has 17 heteroatoms. The minimum atomic E-state index is -4.92. The number of carbonyl (C=O) groups is 1. The van der Waals surface area contributed by atoms with Gasteiger partial charge in [-0.15, -0.1) is 0 Å². The number of benzene rings is 2. The average molecular weight is 591 g/mol. The molecule has 40 heavy (non-hydrogen) atoms. The Hall–Kier alpha value is -4.47. The average Bonchev–Trinajstić information content (AvgIpc) is 2.81. The van der Waals surface area contributed by atoms with E-state index in [-0.39, 0.29) is 10.6 Å². The van der Waals surface area contributed by atoms with Crippen LogP contribution >= 0.6 is 11.6 Å². The van der Waals surface area contributed by atoms with Crippen LogP contribution < -0.4 is 21.8 Å². The van der Waals surface area contributed by atoms with E-state index >= 15 is 0 Å². The van der Waals surface area contributed by atoms with Crippen LogP contribution in [0.15, 0.2) is 44.7 Å². The maximum atomic E-state index is 14.5. The predicted octanol–water partition coefficient (Wildman–Crippen LogP) is 3.55. The number of hydrogen-bond donors (Lipinski definition) is 0. The standard InChI is InChI=1S/C23H19ClF4N4O8/c1-22(2,3)40-17(33)10-30-19(34)29(4)20(35)31(21(30)36)16-9-12(5-6-15(16)32(37)38)39-18-13(24)7-11(8-14(18)25)23(26,27)28/h5-9H,10H2,1-4H3. The Kier molecular flexibility index (Phi) is 7.97. The maximum absolute atomic E-state index is 14.5. The van der Waals surface area contributed by atoms with Gasteiger partial charge >= 0.3 is 29.2 Å². The second kappa shape index (κ2) is 10.6. The van der Waals surface area contributed by atoms with Gasteiger partial charge in [-0.2, -0.15) is 13.2 Å². The molecule has 3 aromatic rings. The molecule has 0 unspecified atom stereocenters. The van der Waals surface area contributed by atoms with E-state index in [0.29, 0.717) is 15.2 Å². The highest BCUT2D eigenvalue weighted by molar-refractivity contribution is 6.32. The van der Waals surface area contributed by atoms with Gasteiger partial charge in [-0.25, -0.2) is 32.5 Å². The number of ether oxygens (including phenoxy) is 2. The number of esters is 1. The largest absolute Gasteiger partial charge is 0.459 e. The van der Waals surface area contributed by atoms with E-state index in [2.05, 4.69) is 0 Å². The number of alkyl halides is 3. The molecule has 2 aromatic carbocycles. The first-order chi connectivity index (χ1) is 18.3. The van der Waals surface area contributed by atoms with Crippen molar-refractivity contribution in [3.8, 4) is 17.2 Å².